The minimum absolute atomic E-state index is 0.0338. The normalized spacial score (nSPS) is 10.7. The van der Waals surface area contributed by atoms with Crippen LogP contribution in [0.2, 0.25) is 0 Å². The van der Waals surface area contributed by atoms with Gasteiger partial charge < -0.3 is 19.9 Å². The molecule has 0 unspecified atom stereocenters. The van der Waals surface area contributed by atoms with Gasteiger partial charge in [0.2, 0.25) is 0 Å². The zero-order valence-electron chi connectivity index (χ0n) is 21.9. The first-order valence-electron chi connectivity index (χ1n) is 12.9. The molecule has 0 radical (unpaired) electrons. The van der Waals surface area contributed by atoms with Crippen molar-refractivity contribution in [2.45, 2.75) is 59.5 Å². The van der Waals surface area contributed by atoms with E-state index in [0.717, 1.165) is 31.2 Å². The fourth-order valence-electron chi connectivity index (χ4n) is 4.17. The number of para-hydroxylation sites is 1. The SMILES string of the molecule is CCCc1c(OCc2cccc(C(=O)NCCCCc3cccnc3)c2OCC)ccc(C(C)=O)c1O. The number of carbonyl (C=O) groups excluding carboxylic acids is 2. The lowest BCUT2D eigenvalue weighted by molar-refractivity contribution is 0.0947. The van der Waals surface area contributed by atoms with Gasteiger partial charge in [-0.05, 0) is 69.4 Å². The molecule has 0 spiro atoms. The predicted molar refractivity (Wildman–Crippen MR) is 144 cm³/mol. The van der Waals surface area contributed by atoms with Crippen molar-refractivity contribution in [2.75, 3.05) is 13.2 Å². The molecule has 0 aliphatic carbocycles. The van der Waals surface area contributed by atoms with Gasteiger partial charge in [0.1, 0.15) is 23.9 Å². The number of pyridine rings is 1. The second kappa shape index (κ2) is 14.0. The average Bonchev–Trinajstić information content (AvgIpc) is 2.90. The second-order valence-electron chi connectivity index (χ2n) is 8.83. The lowest BCUT2D eigenvalue weighted by Gasteiger charge is -2.18. The summed E-state index contributed by atoms with van der Waals surface area (Å²) in [4.78, 5) is 29.0. The largest absolute Gasteiger partial charge is 0.507 e. The lowest BCUT2D eigenvalue weighted by Crippen LogP contribution is -2.25. The molecule has 1 aromatic heterocycles. The number of aromatic nitrogens is 1. The molecule has 1 amide bonds. The first kappa shape index (κ1) is 27.7. The Morgan fingerprint density at radius 3 is 2.51 bits per heavy atom. The molecular formula is C30H36N2O5. The molecule has 0 saturated heterocycles. The highest BCUT2D eigenvalue weighted by Crippen LogP contribution is 2.34. The number of unbranched alkanes of at least 4 members (excludes halogenated alkanes) is 1. The number of aromatic hydroxyl groups is 1. The number of phenolic OH excluding ortho intramolecular Hbond substituents is 1. The number of aryl methyl sites for hydroxylation is 1. The second-order valence-corrected chi connectivity index (χ2v) is 8.83. The number of hydrogen-bond donors (Lipinski definition) is 2. The smallest absolute Gasteiger partial charge is 0.255 e. The van der Waals surface area contributed by atoms with Gasteiger partial charge in [-0.25, -0.2) is 0 Å². The molecule has 0 bridgehead atoms. The molecule has 2 N–H and O–H groups in total. The van der Waals surface area contributed by atoms with Crippen LogP contribution in [0.15, 0.2) is 54.9 Å². The van der Waals surface area contributed by atoms with Gasteiger partial charge >= 0.3 is 0 Å². The van der Waals surface area contributed by atoms with E-state index in [1.807, 2.05) is 38.2 Å². The van der Waals surface area contributed by atoms with E-state index in [9.17, 15) is 14.7 Å². The summed E-state index contributed by atoms with van der Waals surface area (Å²) in [5, 5.41) is 13.6. The third-order valence-corrected chi connectivity index (χ3v) is 6.03. The summed E-state index contributed by atoms with van der Waals surface area (Å²) >= 11 is 0. The van der Waals surface area contributed by atoms with Crippen LogP contribution in [0.4, 0.5) is 0 Å². The number of Topliss-reactive ketones (excluding diaryl/α,β-unsaturated/α-hetero) is 1. The van der Waals surface area contributed by atoms with Crippen molar-refractivity contribution in [1.82, 2.24) is 10.3 Å². The lowest BCUT2D eigenvalue weighted by atomic mass is 10.0. The van der Waals surface area contributed by atoms with Gasteiger partial charge in [0.15, 0.2) is 5.78 Å². The Kier molecular flexibility index (Phi) is 10.5. The van der Waals surface area contributed by atoms with Gasteiger partial charge in [0.05, 0.1) is 17.7 Å². The van der Waals surface area contributed by atoms with E-state index < -0.39 is 0 Å². The van der Waals surface area contributed by atoms with Crippen molar-refractivity contribution >= 4 is 11.7 Å². The van der Waals surface area contributed by atoms with E-state index in [2.05, 4.69) is 16.4 Å². The van der Waals surface area contributed by atoms with Gasteiger partial charge in [-0.2, -0.15) is 0 Å². The number of phenols is 1. The van der Waals surface area contributed by atoms with Crippen LogP contribution in [0.25, 0.3) is 0 Å². The molecule has 7 nitrogen and oxygen atoms in total. The number of hydrogen-bond acceptors (Lipinski definition) is 6. The summed E-state index contributed by atoms with van der Waals surface area (Å²) in [6.45, 7) is 6.41. The van der Waals surface area contributed by atoms with Gasteiger partial charge in [0, 0.05) is 30.1 Å². The molecule has 0 atom stereocenters. The summed E-state index contributed by atoms with van der Waals surface area (Å²) in [6.07, 6.45) is 7.71. The maximum Gasteiger partial charge on any atom is 0.255 e. The van der Waals surface area contributed by atoms with Crippen molar-refractivity contribution in [3.05, 3.63) is 82.7 Å². The van der Waals surface area contributed by atoms with Gasteiger partial charge in [-0.15, -0.1) is 0 Å². The van der Waals surface area contributed by atoms with Gasteiger partial charge in [-0.3, -0.25) is 14.6 Å². The fourth-order valence-corrected chi connectivity index (χ4v) is 4.17. The minimum Gasteiger partial charge on any atom is -0.507 e. The summed E-state index contributed by atoms with van der Waals surface area (Å²) in [5.74, 6) is 0.570. The molecule has 1 heterocycles. The maximum atomic E-state index is 13.0. The summed E-state index contributed by atoms with van der Waals surface area (Å²) in [5.41, 5.74) is 3.26. The quantitative estimate of drug-likeness (QED) is 0.217. The Morgan fingerprint density at radius 1 is 0.973 bits per heavy atom. The Bertz CT molecular complexity index is 1190. The van der Waals surface area contributed by atoms with Crippen molar-refractivity contribution in [1.29, 1.82) is 0 Å². The fraction of sp³-hybridized carbons (Fsp3) is 0.367. The molecule has 7 heteroatoms. The molecule has 196 valence electrons. The standard InChI is InChI=1S/C30H36N2O5/c1-4-10-25-27(16-15-24(21(3)33)28(25)34)37-20-23-13-8-14-26(29(23)36-5-2)30(35)32-18-7-6-11-22-12-9-17-31-19-22/h8-9,12-17,19,34H,4-7,10-11,18,20H2,1-3H3,(H,32,35). The van der Waals surface area contributed by atoms with Crippen LogP contribution in [0.5, 0.6) is 17.2 Å². The number of ketones is 1. The maximum absolute atomic E-state index is 13.0. The van der Waals surface area contributed by atoms with Gasteiger partial charge in [0.25, 0.3) is 5.91 Å². The van der Waals surface area contributed by atoms with Crippen molar-refractivity contribution in [3.8, 4) is 17.2 Å². The topological polar surface area (TPSA) is 97.8 Å². The first-order valence-corrected chi connectivity index (χ1v) is 12.9. The van der Waals surface area contributed by atoms with Crippen LogP contribution >= 0.6 is 0 Å². The summed E-state index contributed by atoms with van der Waals surface area (Å²) in [6, 6.07) is 12.7. The van der Waals surface area contributed by atoms with Crippen molar-refractivity contribution < 1.29 is 24.2 Å². The number of rotatable bonds is 14. The average molecular weight is 505 g/mol. The number of benzene rings is 2. The molecule has 0 saturated carbocycles. The van der Waals surface area contributed by atoms with E-state index >= 15 is 0 Å². The number of carbonyl (C=O) groups is 2. The third kappa shape index (κ3) is 7.56. The molecule has 2 aromatic carbocycles. The third-order valence-electron chi connectivity index (χ3n) is 6.03. The highest BCUT2D eigenvalue weighted by molar-refractivity contribution is 5.98. The number of nitrogens with zero attached hydrogens (tertiary/aromatic N) is 1. The Morgan fingerprint density at radius 2 is 1.81 bits per heavy atom. The van der Waals surface area contributed by atoms with Crippen LogP contribution in [0, 0.1) is 0 Å². The zero-order valence-corrected chi connectivity index (χ0v) is 21.9. The summed E-state index contributed by atoms with van der Waals surface area (Å²) < 4.78 is 12.0. The van der Waals surface area contributed by atoms with E-state index in [0.29, 0.717) is 42.2 Å². The van der Waals surface area contributed by atoms with Crippen molar-refractivity contribution in [2.24, 2.45) is 0 Å². The molecule has 3 rings (SSSR count). The number of nitrogens with one attached hydrogen (secondary N) is 1. The monoisotopic (exact) mass is 504 g/mol. The molecule has 37 heavy (non-hydrogen) atoms. The predicted octanol–water partition coefficient (Wildman–Crippen LogP) is 5.67. The molecule has 0 fully saturated rings. The minimum atomic E-state index is -0.198. The Hall–Kier alpha value is -3.87. The van der Waals surface area contributed by atoms with E-state index in [1.165, 1.54) is 12.5 Å². The molecule has 0 aliphatic rings. The highest BCUT2D eigenvalue weighted by Gasteiger charge is 2.19. The van der Waals surface area contributed by atoms with Crippen LogP contribution in [-0.4, -0.2) is 34.9 Å². The van der Waals surface area contributed by atoms with Crippen LogP contribution in [0.3, 0.4) is 0 Å². The van der Waals surface area contributed by atoms with Crippen LogP contribution in [-0.2, 0) is 19.4 Å². The van der Waals surface area contributed by atoms with Crippen molar-refractivity contribution in [3.63, 3.8) is 0 Å². The zero-order chi connectivity index (χ0) is 26.6. The van der Waals surface area contributed by atoms with Crippen LogP contribution in [0.1, 0.15) is 77.4 Å². The Balaban J connectivity index is 1.68. The summed E-state index contributed by atoms with van der Waals surface area (Å²) in [7, 11) is 0. The van der Waals surface area contributed by atoms with E-state index in [1.54, 1.807) is 24.4 Å². The van der Waals surface area contributed by atoms with Gasteiger partial charge in [-0.1, -0.05) is 31.5 Å². The highest BCUT2D eigenvalue weighted by atomic mass is 16.5. The van der Waals surface area contributed by atoms with E-state index in [4.69, 9.17) is 9.47 Å². The molecular weight excluding hydrogens is 468 g/mol. The first-order chi connectivity index (χ1) is 18.0. The molecule has 3 aromatic rings. The Labute approximate surface area is 218 Å². The van der Waals surface area contributed by atoms with Crippen LogP contribution < -0.4 is 14.8 Å². The number of amides is 1. The van der Waals surface area contributed by atoms with E-state index in [-0.39, 0.29) is 29.6 Å². The molecule has 0 aliphatic heterocycles. The number of ether oxygens (including phenoxy) is 2.